The quantitative estimate of drug-likeness (QED) is 0.397. The number of benzene rings is 1. The molecule has 0 spiro atoms. The zero-order valence-corrected chi connectivity index (χ0v) is 17.5. The van der Waals surface area contributed by atoms with Crippen LogP contribution in [0.5, 0.6) is 0 Å². The molecule has 5 nitrogen and oxygen atoms in total. The summed E-state index contributed by atoms with van der Waals surface area (Å²) in [5.74, 6) is 0. The van der Waals surface area contributed by atoms with Gasteiger partial charge in [-0.3, -0.25) is 4.72 Å². The molecular weight excluding hydrogens is 378 g/mol. The highest BCUT2D eigenvalue weighted by atomic mass is 32.2. The average Bonchev–Trinajstić information content (AvgIpc) is 3.22. The minimum atomic E-state index is -4.31. The smallest absolute Gasteiger partial charge is 0.253 e. The summed E-state index contributed by atoms with van der Waals surface area (Å²) < 4.78 is 60.2. The first-order chi connectivity index (χ1) is 14.8. The van der Waals surface area contributed by atoms with Crippen molar-refractivity contribution < 1.29 is 13.9 Å². The molecule has 7 heteroatoms. The van der Waals surface area contributed by atoms with E-state index in [4.69, 9.17) is 5.48 Å². The number of hydrogen-bond donors (Lipinski definition) is 1. The number of nitrogens with zero attached hydrogens (tertiary/aromatic N) is 2. The molecule has 0 aliphatic heterocycles. The van der Waals surface area contributed by atoms with Crippen LogP contribution in [0.1, 0.15) is 82.2 Å². The fourth-order valence-corrected chi connectivity index (χ4v) is 4.31. The molecule has 1 N–H and O–H groups in total. The van der Waals surface area contributed by atoms with Crippen molar-refractivity contribution in [3.63, 3.8) is 0 Å². The van der Waals surface area contributed by atoms with Gasteiger partial charge >= 0.3 is 0 Å². The molecule has 27 heavy (non-hydrogen) atoms. The lowest BCUT2D eigenvalue weighted by molar-refractivity contribution is 0.556. The summed E-state index contributed by atoms with van der Waals surface area (Å²) in [6.07, 6.45) is 12.0. The molecule has 0 atom stereocenters. The van der Waals surface area contributed by atoms with Crippen molar-refractivity contribution in [3.8, 4) is 0 Å². The van der Waals surface area contributed by atoms with E-state index in [9.17, 15) is 8.42 Å². The third-order valence-corrected chi connectivity index (χ3v) is 6.22. The van der Waals surface area contributed by atoms with Crippen LogP contribution in [0, 0.1) is 0 Å². The summed E-state index contributed by atoms with van der Waals surface area (Å²) in [5, 5.41) is 7.15. The Morgan fingerprint density at radius 1 is 0.963 bits per heavy atom. The SMILES string of the molecule is [2H]c1c([2H])c(S(=O)(=O)Nc2nncs2)c([2H])c([2H])c1CCCCCCCCCCCC. The van der Waals surface area contributed by atoms with E-state index in [1.165, 1.54) is 44.0 Å². The summed E-state index contributed by atoms with van der Waals surface area (Å²) in [6, 6.07) is -1.70. The lowest BCUT2D eigenvalue weighted by Crippen LogP contribution is -2.12. The van der Waals surface area contributed by atoms with Gasteiger partial charge in [0.1, 0.15) is 5.51 Å². The van der Waals surface area contributed by atoms with Crippen LogP contribution in [-0.4, -0.2) is 18.6 Å². The van der Waals surface area contributed by atoms with E-state index in [0.29, 0.717) is 6.42 Å². The Kier molecular flexibility index (Phi) is 7.37. The standard InChI is InChI=1S/C20H31N3O2S2/c1-2-3-4-5-6-7-8-9-10-11-12-18-13-15-19(16-14-18)27(24,25)23-20-22-21-17-26-20/h13-17H,2-12H2,1H3,(H,22,23)/i13D,14D,15D,16D. The lowest BCUT2D eigenvalue weighted by Gasteiger charge is -2.06. The van der Waals surface area contributed by atoms with Crippen LogP contribution in [0.15, 0.2) is 34.6 Å². The largest absolute Gasteiger partial charge is 0.263 e. The normalized spacial score (nSPS) is 13.7. The average molecular weight is 414 g/mol. The van der Waals surface area contributed by atoms with E-state index < -0.39 is 27.0 Å². The topological polar surface area (TPSA) is 72.0 Å². The van der Waals surface area contributed by atoms with Gasteiger partial charge in [0.2, 0.25) is 5.13 Å². The first-order valence-electron chi connectivity index (χ1n) is 11.7. The van der Waals surface area contributed by atoms with E-state index in [0.717, 1.165) is 37.0 Å². The number of hydrogen-bond acceptors (Lipinski definition) is 5. The van der Waals surface area contributed by atoms with Crippen molar-refractivity contribution >= 4 is 26.5 Å². The molecule has 0 saturated heterocycles. The fraction of sp³-hybridized carbons (Fsp3) is 0.600. The highest BCUT2D eigenvalue weighted by molar-refractivity contribution is 7.93. The van der Waals surface area contributed by atoms with Gasteiger partial charge in [-0.15, -0.1) is 10.2 Å². The molecule has 0 bridgehead atoms. The van der Waals surface area contributed by atoms with Crippen LogP contribution in [0.2, 0.25) is 0 Å². The Morgan fingerprint density at radius 2 is 1.56 bits per heavy atom. The van der Waals surface area contributed by atoms with Gasteiger partial charge in [0.15, 0.2) is 0 Å². The number of anilines is 1. The van der Waals surface area contributed by atoms with Gasteiger partial charge in [-0.25, -0.2) is 8.42 Å². The summed E-state index contributed by atoms with van der Waals surface area (Å²) in [6.45, 7) is 2.21. The monoisotopic (exact) mass is 413 g/mol. The number of unbranched alkanes of at least 4 members (excludes halogenated alkanes) is 9. The first-order valence-corrected chi connectivity index (χ1v) is 12.0. The molecule has 0 aliphatic rings. The maximum Gasteiger partial charge on any atom is 0.263 e. The molecule has 0 amide bonds. The predicted octanol–water partition coefficient (Wildman–Crippen LogP) is 5.80. The van der Waals surface area contributed by atoms with Crippen LogP contribution < -0.4 is 4.72 Å². The van der Waals surface area contributed by atoms with Crippen LogP contribution in [0.25, 0.3) is 0 Å². The molecule has 2 aromatic rings. The van der Waals surface area contributed by atoms with Crippen molar-refractivity contribution in [3.05, 3.63) is 35.2 Å². The van der Waals surface area contributed by atoms with E-state index in [2.05, 4.69) is 21.8 Å². The molecule has 0 radical (unpaired) electrons. The second-order valence-corrected chi connectivity index (χ2v) is 9.04. The Morgan fingerprint density at radius 3 is 2.11 bits per heavy atom. The zero-order valence-electron chi connectivity index (χ0n) is 19.9. The van der Waals surface area contributed by atoms with Crippen LogP contribution in [0.3, 0.4) is 0 Å². The Labute approximate surface area is 173 Å². The predicted molar refractivity (Wildman–Crippen MR) is 113 cm³/mol. The first kappa shape index (κ1) is 16.5. The molecule has 2 rings (SSSR count). The molecule has 150 valence electrons. The summed E-state index contributed by atoms with van der Waals surface area (Å²) in [5.41, 5.74) is 1.62. The Balaban J connectivity index is 1.96. The van der Waals surface area contributed by atoms with E-state index in [1.807, 2.05) is 0 Å². The van der Waals surface area contributed by atoms with Gasteiger partial charge in [-0.2, -0.15) is 0 Å². The molecule has 0 unspecified atom stereocenters. The zero-order chi connectivity index (χ0) is 22.9. The lowest BCUT2D eigenvalue weighted by atomic mass is 10.0. The minimum Gasteiger partial charge on any atom is -0.253 e. The van der Waals surface area contributed by atoms with Crippen molar-refractivity contribution in [1.29, 1.82) is 0 Å². The third-order valence-electron chi connectivity index (χ3n) is 4.28. The van der Waals surface area contributed by atoms with E-state index in [-0.39, 0.29) is 22.8 Å². The maximum absolute atomic E-state index is 12.6. The van der Waals surface area contributed by atoms with E-state index >= 15 is 0 Å². The molecule has 0 fully saturated rings. The summed E-state index contributed by atoms with van der Waals surface area (Å²) >= 11 is 0.963. The van der Waals surface area contributed by atoms with Gasteiger partial charge in [0, 0.05) is 0 Å². The van der Waals surface area contributed by atoms with Crippen molar-refractivity contribution in [1.82, 2.24) is 10.2 Å². The molecule has 1 aromatic carbocycles. The minimum absolute atomic E-state index is 0.00583. The summed E-state index contributed by atoms with van der Waals surface area (Å²) in [7, 11) is -4.31. The number of rotatable bonds is 14. The van der Waals surface area contributed by atoms with Crippen molar-refractivity contribution in [2.45, 2.75) is 82.4 Å². The van der Waals surface area contributed by atoms with Gasteiger partial charge in [-0.05, 0) is 30.5 Å². The highest BCUT2D eigenvalue weighted by Crippen LogP contribution is 2.18. The van der Waals surface area contributed by atoms with Gasteiger partial charge in [0.25, 0.3) is 10.0 Å². The van der Waals surface area contributed by atoms with Crippen LogP contribution in [-0.2, 0) is 16.4 Å². The van der Waals surface area contributed by atoms with Crippen LogP contribution in [0.4, 0.5) is 5.13 Å². The number of nitrogens with one attached hydrogen (secondary N) is 1. The maximum atomic E-state index is 12.6. The van der Waals surface area contributed by atoms with E-state index in [1.54, 1.807) is 0 Å². The Hall–Kier alpha value is -1.47. The molecule has 0 aliphatic carbocycles. The summed E-state index contributed by atoms with van der Waals surface area (Å²) in [4.78, 5) is -0.662. The third kappa shape index (κ3) is 8.39. The van der Waals surface area contributed by atoms with Crippen molar-refractivity contribution in [2.75, 3.05) is 4.72 Å². The molecular formula is C20H31N3O2S2. The second kappa shape index (κ2) is 12.1. The van der Waals surface area contributed by atoms with Crippen LogP contribution >= 0.6 is 11.3 Å². The fourth-order valence-electron chi connectivity index (χ4n) is 2.76. The highest BCUT2D eigenvalue weighted by Gasteiger charge is 2.15. The molecule has 0 saturated carbocycles. The second-order valence-electron chi connectivity index (χ2n) is 6.59. The number of aromatic nitrogens is 2. The van der Waals surface area contributed by atoms with Gasteiger partial charge in [0.05, 0.1) is 10.4 Å². The number of sulfonamides is 1. The molecule has 1 heterocycles. The van der Waals surface area contributed by atoms with Crippen molar-refractivity contribution in [2.24, 2.45) is 0 Å². The molecule has 1 aromatic heterocycles. The Bertz CT molecular complexity index is 909. The van der Waals surface area contributed by atoms with Gasteiger partial charge in [-0.1, -0.05) is 88.1 Å². The van der Waals surface area contributed by atoms with Gasteiger partial charge < -0.3 is 0 Å².